The first-order valence-electron chi connectivity index (χ1n) is 1.60. The van der Waals surface area contributed by atoms with E-state index in [2.05, 4.69) is 26.5 Å². The Morgan fingerprint density at radius 1 is 2.00 bits per heavy atom. The molecule has 1 aliphatic rings. The molecular formula is C3H3BrNS. The molecular weight excluding hydrogens is 162 g/mol. The van der Waals surface area contributed by atoms with Crippen LogP contribution in [0, 0.1) is 0 Å². The Bertz CT molecular complexity index is 73.2. The van der Waals surface area contributed by atoms with E-state index in [4.69, 9.17) is 0 Å². The van der Waals surface area contributed by atoms with Crippen LogP contribution in [0.4, 0.5) is 0 Å². The minimum absolute atomic E-state index is 0.336. The van der Waals surface area contributed by atoms with Crippen molar-refractivity contribution in [3.63, 3.8) is 0 Å². The van der Waals surface area contributed by atoms with Crippen LogP contribution in [0.5, 0.6) is 0 Å². The number of halogens is 1. The highest BCUT2D eigenvalue weighted by molar-refractivity contribution is 9.09. The van der Waals surface area contributed by atoms with Crippen LogP contribution in [0.2, 0.25) is 0 Å². The smallest absolute Gasteiger partial charge is 0.124 e. The van der Waals surface area contributed by atoms with Gasteiger partial charge in [-0.15, -0.1) is 11.8 Å². The topological polar surface area (TPSA) is 12.4 Å². The Kier molecular flexibility index (Phi) is 1.54. The van der Waals surface area contributed by atoms with Crippen molar-refractivity contribution in [1.29, 1.82) is 0 Å². The number of nitrogens with zero attached hydrogens (tertiary/aromatic N) is 1. The average Bonchev–Trinajstić information content (AvgIpc) is 1.86. The van der Waals surface area contributed by atoms with E-state index in [0.717, 1.165) is 5.75 Å². The minimum Gasteiger partial charge on any atom is -0.260 e. The van der Waals surface area contributed by atoms with Crippen molar-refractivity contribution in [2.24, 2.45) is 4.99 Å². The summed E-state index contributed by atoms with van der Waals surface area (Å²) in [5.41, 5.74) is 2.77. The van der Waals surface area contributed by atoms with Gasteiger partial charge in [-0.25, -0.2) is 0 Å². The van der Waals surface area contributed by atoms with Crippen LogP contribution in [-0.2, 0) is 0 Å². The third kappa shape index (κ3) is 0.980. The Balaban J connectivity index is 2.38. The second-order valence-electron chi connectivity index (χ2n) is 0.966. The predicted octanol–water partition coefficient (Wildman–Crippen LogP) is 1.36. The van der Waals surface area contributed by atoms with Crippen molar-refractivity contribution in [2.75, 3.05) is 5.75 Å². The van der Waals surface area contributed by atoms with Gasteiger partial charge in [0.1, 0.15) is 10.5 Å². The fourth-order valence-electron chi connectivity index (χ4n) is 0.238. The molecule has 0 aromatic carbocycles. The van der Waals surface area contributed by atoms with Gasteiger partial charge in [-0.05, 0) is 0 Å². The van der Waals surface area contributed by atoms with E-state index in [9.17, 15) is 0 Å². The molecule has 1 unspecified atom stereocenters. The highest BCUT2D eigenvalue weighted by Crippen LogP contribution is 2.15. The van der Waals surface area contributed by atoms with Gasteiger partial charge >= 0.3 is 0 Å². The van der Waals surface area contributed by atoms with Crippen LogP contribution < -0.4 is 0 Å². The molecule has 1 radical (unpaired) electrons. The molecule has 0 amide bonds. The molecule has 0 aromatic rings. The predicted molar refractivity (Wildman–Crippen MR) is 32.6 cm³/mol. The zero-order chi connectivity index (χ0) is 4.41. The summed E-state index contributed by atoms with van der Waals surface area (Å²) in [6, 6.07) is 0. The second kappa shape index (κ2) is 1.98. The zero-order valence-corrected chi connectivity index (χ0v) is 5.42. The molecule has 0 saturated heterocycles. The van der Waals surface area contributed by atoms with Crippen LogP contribution in [0.1, 0.15) is 0 Å². The van der Waals surface area contributed by atoms with Crippen molar-refractivity contribution in [2.45, 2.75) is 4.95 Å². The number of hydrogen-bond acceptors (Lipinski definition) is 2. The maximum atomic E-state index is 3.87. The van der Waals surface area contributed by atoms with Gasteiger partial charge in [0, 0.05) is 5.75 Å². The van der Waals surface area contributed by atoms with Gasteiger partial charge in [-0.2, -0.15) is 0 Å². The number of rotatable bonds is 0. The SMILES string of the molecule is BrC1CS[C]=N1. The summed E-state index contributed by atoms with van der Waals surface area (Å²) in [6.45, 7) is 0. The highest BCUT2D eigenvalue weighted by atomic mass is 79.9. The molecule has 1 atom stereocenters. The lowest BCUT2D eigenvalue weighted by atomic mass is 10.8. The summed E-state index contributed by atoms with van der Waals surface area (Å²) in [4.78, 5) is 4.20. The number of alkyl halides is 1. The average molecular weight is 165 g/mol. The molecule has 0 fully saturated rings. The molecule has 1 nitrogen and oxygen atoms in total. The summed E-state index contributed by atoms with van der Waals surface area (Å²) in [6.07, 6.45) is 0. The largest absolute Gasteiger partial charge is 0.260 e. The molecule has 0 saturated carbocycles. The highest BCUT2D eigenvalue weighted by Gasteiger charge is 2.03. The van der Waals surface area contributed by atoms with Gasteiger partial charge in [0.05, 0.1) is 0 Å². The van der Waals surface area contributed by atoms with Gasteiger partial charge in [0.15, 0.2) is 0 Å². The molecule has 3 heteroatoms. The van der Waals surface area contributed by atoms with E-state index in [1.165, 1.54) is 0 Å². The summed E-state index contributed by atoms with van der Waals surface area (Å²) in [7, 11) is 0. The van der Waals surface area contributed by atoms with Crippen molar-refractivity contribution in [3.8, 4) is 0 Å². The van der Waals surface area contributed by atoms with E-state index in [1.807, 2.05) is 0 Å². The summed E-state index contributed by atoms with van der Waals surface area (Å²) in [5, 5.41) is 0. The lowest BCUT2D eigenvalue weighted by Gasteiger charge is -1.84. The number of aliphatic imine (C=N–C) groups is 1. The maximum absolute atomic E-state index is 3.87. The molecule has 0 aliphatic carbocycles. The van der Waals surface area contributed by atoms with Gasteiger partial charge in [0.25, 0.3) is 0 Å². The van der Waals surface area contributed by atoms with E-state index in [0.29, 0.717) is 4.95 Å². The molecule has 1 aliphatic heterocycles. The quantitative estimate of drug-likeness (QED) is 0.390. The summed E-state index contributed by atoms with van der Waals surface area (Å²) >= 11 is 4.91. The third-order valence-electron chi connectivity index (χ3n) is 0.478. The Morgan fingerprint density at radius 3 is 3.00 bits per heavy atom. The van der Waals surface area contributed by atoms with Crippen molar-refractivity contribution in [1.82, 2.24) is 0 Å². The lowest BCUT2D eigenvalue weighted by Crippen LogP contribution is -1.86. The molecule has 33 valence electrons. The summed E-state index contributed by atoms with van der Waals surface area (Å²) in [5.74, 6) is 1.04. The molecule has 0 bridgehead atoms. The van der Waals surface area contributed by atoms with E-state index in [-0.39, 0.29) is 0 Å². The van der Waals surface area contributed by atoms with Crippen LogP contribution in [0.15, 0.2) is 4.99 Å². The number of thioether (sulfide) groups is 1. The van der Waals surface area contributed by atoms with Crippen LogP contribution in [-0.4, -0.2) is 16.3 Å². The first-order chi connectivity index (χ1) is 2.89. The van der Waals surface area contributed by atoms with Crippen molar-refractivity contribution in [3.05, 3.63) is 0 Å². The molecule has 1 heterocycles. The fraction of sp³-hybridized carbons (Fsp3) is 0.667. The molecule has 6 heavy (non-hydrogen) atoms. The van der Waals surface area contributed by atoms with E-state index in [1.54, 1.807) is 11.8 Å². The normalized spacial score (nSPS) is 31.8. The maximum Gasteiger partial charge on any atom is 0.124 e. The lowest BCUT2D eigenvalue weighted by molar-refractivity contribution is 1.11. The third-order valence-corrected chi connectivity index (χ3v) is 2.15. The van der Waals surface area contributed by atoms with Crippen LogP contribution in [0.25, 0.3) is 0 Å². The standard InChI is InChI=1S/C3H3BrNS/c4-3-1-6-2-5-3/h3H,1H2. The van der Waals surface area contributed by atoms with Crippen LogP contribution in [0.3, 0.4) is 0 Å². The molecule has 0 aromatic heterocycles. The van der Waals surface area contributed by atoms with Gasteiger partial charge in [0.2, 0.25) is 0 Å². The molecule has 1 rings (SSSR count). The number of hydrogen-bond donors (Lipinski definition) is 0. The van der Waals surface area contributed by atoms with E-state index < -0.39 is 0 Å². The first-order valence-corrected chi connectivity index (χ1v) is 3.50. The first kappa shape index (κ1) is 4.65. The Labute approximate surface area is 49.3 Å². The molecule has 0 spiro atoms. The fourth-order valence-corrected chi connectivity index (χ4v) is 1.36. The minimum atomic E-state index is 0.336. The van der Waals surface area contributed by atoms with Crippen LogP contribution >= 0.6 is 27.7 Å². The monoisotopic (exact) mass is 164 g/mol. The van der Waals surface area contributed by atoms with Crippen molar-refractivity contribution < 1.29 is 0 Å². The second-order valence-corrected chi connectivity index (χ2v) is 2.83. The zero-order valence-electron chi connectivity index (χ0n) is 3.02. The summed E-state index contributed by atoms with van der Waals surface area (Å²) < 4.78 is 0. The van der Waals surface area contributed by atoms with Gasteiger partial charge < -0.3 is 0 Å². The Hall–Kier alpha value is 0.500. The van der Waals surface area contributed by atoms with E-state index >= 15 is 0 Å². The molecule has 0 N–H and O–H groups in total. The van der Waals surface area contributed by atoms with Gasteiger partial charge in [-0.3, -0.25) is 4.99 Å². The van der Waals surface area contributed by atoms with Crippen molar-refractivity contribution >= 4 is 33.2 Å². The van der Waals surface area contributed by atoms with Gasteiger partial charge in [-0.1, -0.05) is 15.9 Å². The Morgan fingerprint density at radius 2 is 2.83 bits per heavy atom.